The van der Waals surface area contributed by atoms with Crippen LogP contribution in [0.2, 0.25) is 0 Å². The van der Waals surface area contributed by atoms with E-state index in [0.29, 0.717) is 12.3 Å². The summed E-state index contributed by atoms with van der Waals surface area (Å²) >= 11 is 0. The van der Waals surface area contributed by atoms with Crippen LogP contribution in [0.5, 0.6) is 5.75 Å². The third kappa shape index (κ3) is 4.70. The molecule has 7 nitrogen and oxygen atoms in total. The quantitative estimate of drug-likeness (QED) is 0.669. The zero-order valence-corrected chi connectivity index (χ0v) is 19.2. The van der Waals surface area contributed by atoms with Crippen LogP contribution in [0.4, 0.5) is 0 Å². The lowest BCUT2D eigenvalue weighted by atomic mass is 9.87. The first-order valence-corrected chi connectivity index (χ1v) is 12.1. The van der Waals surface area contributed by atoms with Crippen molar-refractivity contribution in [3.63, 3.8) is 0 Å². The molecule has 2 aliphatic heterocycles. The Kier molecular flexibility index (Phi) is 6.49. The zero-order chi connectivity index (χ0) is 22.0. The van der Waals surface area contributed by atoms with E-state index in [2.05, 4.69) is 33.9 Å². The molecule has 2 heterocycles. The maximum absolute atomic E-state index is 12.7. The third-order valence-electron chi connectivity index (χ3n) is 6.17. The van der Waals surface area contributed by atoms with E-state index in [1.165, 1.54) is 45.7 Å². The molecule has 2 aliphatic rings. The Bertz CT molecular complexity index is 994. The van der Waals surface area contributed by atoms with E-state index in [4.69, 9.17) is 9.05 Å². The number of hydrogen-bond donors (Lipinski definition) is 1. The van der Waals surface area contributed by atoms with E-state index in [0.717, 1.165) is 23.2 Å². The van der Waals surface area contributed by atoms with Crippen LogP contribution >= 0.6 is 7.75 Å². The number of amidine groups is 1. The Morgan fingerprint density at radius 3 is 2.42 bits per heavy atom. The van der Waals surface area contributed by atoms with Crippen molar-refractivity contribution < 1.29 is 18.7 Å². The highest BCUT2D eigenvalue weighted by Crippen LogP contribution is 2.49. The average Bonchev–Trinajstić information content (AvgIpc) is 3.28. The van der Waals surface area contributed by atoms with E-state index >= 15 is 0 Å². The fourth-order valence-electron chi connectivity index (χ4n) is 4.46. The molecule has 0 aliphatic carbocycles. The van der Waals surface area contributed by atoms with Crippen LogP contribution in [0.15, 0.2) is 47.2 Å². The standard InChI is InChI=1S/C23H30N3O4P/c1-25-22(24-31(28,29-2)30-3)14-19-10-11-20(27)15-21(19)23(25)18-8-6-17(7-9-18)16-26-12-4-5-13-26/h6-11,15,23,27H,4-5,12-14,16H2,1-3H3/b24-22-. The summed E-state index contributed by atoms with van der Waals surface area (Å²) in [6.07, 6.45) is 3.03. The molecule has 166 valence electrons. The van der Waals surface area contributed by atoms with Gasteiger partial charge in [0.05, 0.1) is 6.04 Å². The molecule has 0 bridgehead atoms. The highest BCUT2D eigenvalue weighted by Gasteiger charge is 2.33. The van der Waals surface area contributed by atoms with Crippen molar-refractivity contribution >= 4 is 13.6 Å². The predicted molar refractivity (Wildman–Crippen MR) is 121 cm³/mol. The number of fused-ring (bicyclic) bond motifs is 1. The van der Waals surface area contributed by atoms with Gasteiger partial charge in [0, 0.05) is 34.2 Å². The number of likely N-dealkylation sites (N-methyl/N-ethyl adjacent to an activating group) is 1. The van der Waals surface area contributed by atoms with Gasteiger partial charge in [0.1, 0.15) is 11.6 Å². The fourth-order valence-corrected chi connectivity index (χ4v) is 5.27. The van der Waals surface area contributed by atoms with Gasteiger partial charge in [-0.15, -0.1) is 0 Å². The molecule has 1 N–H and O–H groups in total. The highest BCUT2D eigenvalue weighted by molar-refractivity contribution is 7.52. The number of rotatable bonds is 6. The molecule has 1 fully saturated rings. The summed E-state index contributed by atoms with van der Waals surface area (Å²) in [5.74, 6) is 0.846. The number of phenols is 1. The van der Waals surface area contributed by atoms with Gasteiger partial charge in [-0.25, -0.2) is 4.57 Å². The van der Waals surface area contributed by atoms with Crippen LogP contribution in [-0.4, -0.2) is 55.1 Å². The van der Waals surface area contributed by atoms with Gasteiger partial charge in [-0.2, -0.15) is 4.76 Å². The molecule has 0 aromatic heterocycles. The second kappa shape index (κ2) is 9.13. The lowest BCUT2D eigenvalue weighted by Gasteiger charge is -2.37. The second-order valence-corrected chi connectivity index (χ2v) is 10.0. The third-order valence-corrected chi connectivity index (χ3v) is 7.57. The maximum Gasteiger partial charge on any atom is 0.454 e. The smallest absolute Gasteiger partial charge is 0.454 e. The van der Waals surface area contributed by atoms with Gasteiger partial charge >= 0.3 is 7.75 Å². The van der Waals surface area contributed by atoms with Gasteiger partial charge in [-0.3, -0.25) is 13.9 Å². The van der Waals surface area contributed by atoms with Crippen molar-refractivity contribution in [2.24, 2.45) is 4.76 Å². The molecule has 0 radical (unpaired) electrons. The minimum Gasteiger partial charge on any atom is -0.508 e. The molecule has 2 aromatic rings. The summed E-state index contributed by atoms with van der Waals surface area (Å²) in [7, 11) is 1.03. The van der Waals surface area contributed by atoms with Crippen LogP contribution in [-0.2, 0) is 26.6 Å². The molecule has 1 saturated heterocycles. The summed E-state index contributed by atoms with van der Waals surface area (Å²) in [6, 6.07) is 13.8. The summed E-state index contributed by atoms with van der Waals surface area (Å²) in [5.41, 5.74) is 4.41. The summed E-state index contributed by atoms with van der Waals surface area (Å²) in [4.78, 5) is 4.47. The SMILES string of the molecule is COP(=O)(/N=C1/Cc2ccc(O)cc2C(c2ccc(CN3CCCC3)cc2)N1C)OC. The number of likely N-dealkylation sites (tertiary alicyclic amines) is 1. The van der Waals surface area contributed by atoms with Gasteiger partial charge in [-0.05, 0) is 60.3 Å². The van der Waals surface area contributed by atoms with Crippen LogP contribution in [0, 0.1) is 0 Å². The van der Waals surface area contributed by atoms with Crippen molar-refractivity contribution in [1.82, 2.24) is 9.80 Å². The lowest BCUT2D eigenvalue weighted by Crippen LogP contribution is -2.38. The molecule has 31 heavy (non-hydrogen) atoms. The van der Waals surface area contributed by atoms with Crippen molar-refractivity contribution in [2.75, 3.05) is 34.4 Å². The zero-order valence-electron chi connectivity index (χ0n) is 18.3. The van der Waals surface area contributed by atoms with Crippen molar-refractivity contribution in [1.29, 1.82) is 0 Å². The molecule has 0 amide bonds. The van der Waals surface area contributed by atoms with Gasteiger partial charge in [-0.1, -0.05) is 30.3 Å². The molecule has 8 heteroatoms. The topological polar surface area (TPSA) is 74.6 Å². The van der Waals surface area contributed by atoms with Gasteiger partial charge in [0.15, 0.2) is 0 Å². The van der Waals surface area contributed by atoms with E-state index in [1.807, 2.05) is 18.0 Å². The number of aromatic hydroxyl groups is 1. The Morgan fingerprint density at radius 1 is 1.10 bits per heavy atom. The average molecular weight is 443 g/mol. The summed E-state index contributed by atoms with van der Waals surface area (Å²) in [6.45, 7) is 3.30. The first-order chi connectivity index (χ1) is 14.9. The molecule has 1 atom stereocenters. The Balaban J connectivity index is 1.69. The summed E-state index contributed by atoms with van der Waals surface area (Å²) < 4.78 is 27.1. The molecule has 0 saturated carbocycles. The van der Waals surface area contributed by atoms with E-state index in [1.54, 1.807) is 12.1 Å². The minimum atomic E-state index is -3.56. The maximum atomic E-state index is 12.7. The number of nitrogens with zero attached hydrogens (tertiary/aromatic N) is 3. The van der Waals surface area contributed by atoms with Crippen molar-refractivity contribution in [3.8, 4) is 5.75 Å². The largest absolute Gasteiger partial charge is 0.508 e. The first-order valence-electron chi connectivity index (χ1n) is 10.6. The summed E-state index contributed by atoms with van der Waals surface area (Å²) in [5, 5.41) is 10.1. The highest BCUT2D eigenvalue weighted by atomic mass is 31.2. The van der Waals surface area contributed by atoms with E-state index < -0.39 is 7.75 Å². The first kappa shape index (κ1) is 22.0. The number of benzene rings is 2. The van der Waals surface area contributed by atoms with Crippen LogP contribution in [0.3, 0.4) is 0 Å². The monoisotopic (exact) mass is 443 g/mol. The van der Waals surface area contributed by atoms with Gasteiger partial charge < -0.3 is 10.0 Å². The lowest BCUT2D eigenvalue weighted by molar-refractivity contribution is 0.276. The van der Waals surface area contributed by atoms with E-state index in [-0.39, 0.29) is 11.8 Å². The fraction of sp³-hybridized carbons (Fsp3) is 0.435. The number of hydrogen-bond acceptors (Lipinski definition) is 5. The van der Waals surface area contributed by atoms with E-state index in [9.17, 15) is 9.67 Å². The Morgan fingerprint density at radius 2 is 1.77 bits per heavy atom. The van der Waals surface area contributed by atoms with Crippen LogP contribution in [0.1, 0.15) is 41.1 Å². The molecular weight excluding hydrogens is 413 g/mol. The van der Waals surface area contributed by atoms with Crippen LogP contribution < -0.4 is 0 Å². The minimum absolute atomic E-state index is 0.169. The van der Waals surface area contributed by atoms with Crippen molar-refractivity contribution in [3.05, 3.63) is 64.7 Å². The predicted octanol–water partition coefficient (Wildman–Crippen LogP) is 4.36. The second-order valence-electron chi connectivity index (χ2n) is 8.15. The molecule has 4 rings (SSSR count). The molecule has 0 spiro atoms. The Labute approximate surface area is 183 Å². The van der Waals surface area contributed by atoms with Gasteiger partial charge in [0.25, 0.3) is 0 Å². The Hall–Kier alpha value is -2.18. The molecule has 1 unspecified atom stereocenters. The van der Waals surface area contributed by atoms with Crippen LogP contribution in [0.25, 0.3) is 0 Å². The van der Waals surface area contributed by atoms with Gasteiger partial charge in [0.2, 0.25) is 0 Å². The normalized spacial score (nSPS) is 20.9. The molecular formula is C23H30N3O4P. The molecule has 2 aromatic carbocycles. The number of phenolic OH excluding ortho intramolecular Hbond substituents is 1. The van der Waals surface area contributed by atoms with Crippen molar-refractivity contribution in [2.45, 2.75) is 31.8 Å².